The minimum absolute atomic E-state index is 0.277. The highest BCUT2D eigenvalue weighted by atomic mass is 19.1. The second-order valence-corrected chi connectivity index (χ2v) is 6.48. The number of nitrogen functional groups attached to an aromatic ring is 1. The topological polar surface area (TPSA) is 96.3 Å². The number of H-pyrrole nitrogens is 2. The van der Waals surface area contributed by atoms with Gasteiger partial charge in [-0.05, 0) is 66.7 Å². The van der Waals surface area contributed by atoms with Gasteiger partial charge in [-0.2, -0.15) is 5.10 Å². The summed E-state index contributed by atoms with van der Waals surface area (Å²) in [6, 6.07) is 19.6. The van der Waals surface area contributed by atoms with Gasteiger partial charge in [-0.15, -0.1) is 10.2 Å². The van der Waals surface area contributed by atoms with Crippen molar-refractivity contribution in [3.63, 3.8) is 0 Å². The number of hydrogen-bond acceptors (Lipinski definition) is 4. The molecule has 0 aliphatic carbocycles. The van der Waals surface area contributed by atoms with E-state index >= 15 is 0 Å². The highest BCUT2D eigenvalue weighted by Gasteiger charge is 2.12. The van der Waals surface area contributed by atoms with Crippen molar-refractivity contribution in [3.05, 3.63) is 72.5 Å². The van der Waals surface area contributed by atoms with Crippen LogP contribution in [-0.4, -0.2) is 25.4 Å². The summed E-state index contributed by atoms with van der Waals surface area (Å²) >= 11 is 0. The Balaban J connectivity index is 1.56. The Morgan fingerprint density at radius 1 is 0.750 bits per heavy atom. The van der Waals surface area contributed by atoms with Crippen LogP contribution >= 0.6 is 0 Å². The maximum atomic E-state index is 13.2. The Bertz CT molecular complexity index is 1270. The van der Waals surface area contributed by atoms with Crippen molar-refractivity contribution in [3.8, 4) is 34.0 Å². The fourth-order valence-corrected chi connectivity index (χ4v) is 3.15. The van der Waals surface area contributed by atoms with E-state index in [1.807, 2.05) is 42.5 Å². The Hall–Kier alpha value is -4.00. The van der Waals surface area contributed by atoms with Crippen molar-refractivity contribution in [2.75, 3.05) is 5.73 Å². The lowest BCUT2D eigenvalue weighted by Crippen LogP contribution is -1.85. The van der Waals surface area contributed by atoms with Crippen LogP contribution in [0.25, 0.3) is 44.9 Å². The number of fused-ring (bicyclic) bond motifs is 1. The van der Waals surface area contributed by atoms with Gasteiger partial charge in [0, 0.05) is 27.8 Å². The number of rotatable bonds is 3. The SMILES string of the molecule is Nc1ccc(-c2nnc(-c3ccc4[nH]nc(-c5ccc(F)cc5)c4c3)[nH]2)cc1. The normalized spacial score (nSPS) is 11.2. The first-order valence-corrected chi connectivity index (χ1v) is 8.70. The van der Waals surface area contributed by atoms with Crippen molar-refractivity contribution in [2.45, 2.75) is 0 Å². The molecule has 0 saturated carbocycles. The molecule has 0 fully saturated rings. The molecule has 0 spiro atoms. The molecular formula is C21H15FN6. The van der Waals surface area contributed by atoms with Gasteiger partial charge in [0.15, 0.2) is 11.6 Å². The zero-order valence-electron chi connectivity index (χ0n) is 14.6. The molecule has 0 atom stereocenters. The number of aromatic amines is 2. The maximum absolute atomic E-state index is 13.2. The van der Waals surface area contributed by atoms with Crippen molar-refractivity contribution >= 4 is 16.6 Å². The zero-order chi connectivity index (χ0) is 19.1. The summed E-state index contributed by atoms with van der Waals surface area (Å²) in [7, 11) is 0. The molecule has 0 bridgehead atoms. The van der Waals surface area contributed by atoms with E-state index in [0.29, 0.717) is 17.3 Å². The maximum Gasteiger partial charge on any atom is 0.161 e. The molecule has 0 radical (unpaired) electrons. The van der Waals surface area contributed by atoms with E-state index in [0.717, 1.165) is 33.3 Å². The van der Waals surface area contributed by atoms with E-state index in [1.165, 1.54) is 12.1 Å². The van der Waals surface area contributed by atoms with Gasteiger partial charge in [-0.25, -0.2) is 4.39 Å². The Morgan fingerprint density at radius 2 is 1.39 bits per heavy atom. The molecule has 0 aliphatic rings. The first kappa shape index (κ1) is 16.2. The number of nitrogens with zero attached hydrogens (tertiary/aromatic N) is 3. The highest BCUT2D eigenvalue weighted by molar-refractivity contribution is 5.95. The summed E-state index contributed by atoms with van der Waals surface area (Å²) in [4.78, 5) is 3.25. The third-order valence-electron chi connectivity index (χ3n) is 4.62. The predicted molar refractivity (Wildman–Crippen MR) is 107 cm³/mol. The first-order valence-electron chi connectivity index (χ1n) is 8.70. The zero-order valence-corrected chi connectivity index (χ0v) is 14.6. The Labute approximate surface area is 159 Å². The summed E-state index contributed by atoms with van der Waals surface area (Å²) in [5, 5.41) is 16.8. The predicted octanol–water partition coefficient (Wildman–Crippen LogP) is 4.40. The van der Waals surface area contributed by atoms with Crippen molar-refractivity contribution < 1.29 is 4.39 Å². The Kier molecular flexibility index (Phi) is 3.65. The lowest BCUT2D eigenvalue weighted by Gasteiger charge is -2.00. The molecule has 2 aromatic heterocycles. The standard InChI is InChI=1S/C21H15FN6/c22-15-6-1-12(2-7-15)19-17-11-14(5-10-18(17)25-26-19)21-24-20(27-28-21)13-3-8-16(23)9-4-13/h1-11H,23H2,(H,25,26)(H,24,27,28). The molecule has 7 heteroatoms. The van der Waals surface area contributed by atoms with Gasteiger partial charge in [0.2, 0.25) is 0 Å². The van der Waals surface area contributed by atoms with Crippen LogP contribution in [0.5, 0.6) is 0 Å². The van der Waals surface area contributed by atoms with Crippen LogP contribution in [0.15, 0.2) is 66.7 Å². The van der Waals surface area contributed by atoms with Gasteiger partial charge in [0.25, 0.3) is 0 Å². The summed E-state index contributed by atoms with van der Waals surface area (Å²) in [5.74, 6) is 1.04. The van der Waals surface area contributed by atoms with E-state index in [9.17, 15) is 4.39 Å². The summed E-state index contributed by atoms with van der Waals surface area (Å²) in [6.45, 7) is 0. The van der Waals surface area contributed by atoms with E-state index in [1.54, 1.807) is 12.1 Å². The Morgan fingerprint density at radius 3 is 2.14 bits per heavy atom. The van der Waals surface area contributed by atoms with Crippen molar-refractivity contribution in [1.82, 2.24) is 25.4 Å². The van der Waals surface area contributed by atoms with Crippen LogP contribution < -0.4 is 5.73 Å². The fourth-order valence-electron chi connectivity index (χ4n) is 3.15. The summed E-state index contributed by atoms with van der Waals surface area (Å²) < 4.78 is 13.2. The summed E-state index contributed by atoms with van der Waals surface area (Å²) in [5.41, 5.74) is 10.7. The molecule has 5 aromatic rings. The molecule has 5 rings (SSSR count). The minimum atomic E-state index is -0.277. The first-order chi connectivity index (χ1) is 13.7. The van der Waals surface area contributed by atoms with Gasteiger partial charge in [0.1, 0.15) is 5.82 Å². The number of aromatic nitrogens is 5. The quantitative estimate of drug-likeness (QED) is 0.410. The van der Waals surface area contributed by atoms with Gasteiger partial charge in [0.05, 0.1) is 11.2 Å². The minimum Gasteiger partial charge on any atom is -0.399 e. The van der Waals surface area contributed by atoms with Gasteiger partial charge in [-0.1, -0.05) is 0 Å². The van der Waals surface area contributed by atoms with Gasteiger partial charge < -0.3 is 10.7 Å². The molecular weight excluding hydrogens is 355 g/mol. The van der Waals surface area contributed by atoms with Gasteiger partial charge >= 0.3 is 0 Å². The second-order valence-electron chi connectivity index (χ2n) is 6.48. The number of benzene rings is 3. The third kappa shape index (κ3) is 2.79. The molecule has 28 heavy (non-hydrogen) atoms. The van der Waals surface area contributed by atoms with E-state index in [-0.39, 0.29) is 5.82 Å². The molecule has 0 saturated heterocycles. The van der Waals surface area contributed by atoms with Crippen LogP contribution in [-0.2, 0) is 0 Å². The number of nitrogens with two attached hydrogens (primary N) is 1. The van der Waals surface area contributed by atoms with Crippen LogP contribution in [0.4, 0.5) is 10.1 Å². The molecule has 6 nitrogen and oxygen atoms in total. The average Bonchev–Trinajstić information content (AvgIpc) is 3.36. The number of nitrogens with one attached hydrogen (secondary N) is 2. The molecule has 136 valence electrons. The largest absolute Gasteiger partial charge is 0.399 e. The lowest BCUT2D eigenvalue weighted by atomic mass is 10.1. The van der Waals surface area contributed by atoms with E-state index in [4.69, 9.17) is 5.73 Å². The van der Waals surface area contributed by atoms with E-state index in [2.05, 4.69) is 25.4 Å². The van der Waals surface area contributed by atoms with E-state index < -0.39 is 0 Å². The number of halogens is 1. The molecule has 3 aromatic carbocycles. The molecule has 0 unspecified atom stereocenters. The highest BCUT2D eigenvalue weighted by Crippen LogP contribution is 2.30. The smallest absolute Gasteiger partial charge is 0.161 e. The lowest BCUT2D eigenvalue weighted by molar-refractivity contribution is 0.628. The third-order valence-corrected chi connectivity index (χ3v) is 4.62. The molecule has 0 amide bonds. The second kappa shape index (κ2) is 6.31. The molecule has 0 aliphatic heterocycles. The number of anilines is 1. The fraction of sp³-hybridized carbons (Fsp3) is 0. The van der Waals surface area contributed by atoms with Crippen LogP contribution in [0, 0.1) is 5.82 Å². The van der Waals surface area contributed by atoms with Crippen LogP contribution in [0.2, 0.25) is 0 Å². The monoisotopic (exact) mass is 370 g/mol. The van der Waals surface area contributed by atoms with Crippen LogP contribution in [0.3, 0.4) is 0 Å². The van der Waals surface area contributed by atoms with Crippen LogP contribution in [0.1, 0.15) is 0 Å². The van der Waals surface area contributed by atoms with Crippen molar-refractivity contribution in [2.24, 2.45) is 0 Å². The number of hydrogen-bond donors (Lipinski definition) is 3. The summed E-state index contributed by atoms with van der Waals surface area (Å²) in [6.07, 6.45) is 0. The average molecular weight is 370 g/mol. The molecule has 4 N–H and O–H groups in total. The molecule has 2 heterocycles. The van der Waals surface area contributed by atoms with Gasteiger partial charge in [-0.3, -0.25) is 5.10 Å². The van der Waals surface area contributed by atoms with Crippen molar-refractivity contribution in [1.29, 1.82) is 0 Å².